The zero-order valence-corrected chi connectivity index (χ0v) is 16.8. The molecule has 0 bridgehead atoms. The van der Waals surface area contributed by atoms with Gasteiger partial charge < -0.3 is 15.2 Å². The van der Waals surface area contributed by atoms with Crippen LogP contribution in [0.2, 0.25) is 0 Å². The molecule has 3 rings (SSSR count). The molecule has 0 saturated heterocycles. The second-order valence-corrected chi connectivity index (χ2v) is 6.90. The van der Waals surface area contributed by atoms with E-state index in [4.69, 9.17) is 0 Å². The molecular weight excluding hydrogens is 369 g/mol. The number of rotatable bonds is 8. The van der Waals surface area contributed by atoms with Crippen LogP contribution in [0.3, 0.4) is 0 Å². The van der Waals surface area contributed by atoms with Crippen molar-refractivity contribution < 1.29 is 14.0 Å². The number of aromatic nitrogens is 1. The Hall–Kier alpha value is -3.15. The fraction of sp³-hybridized carbons (Fsp3) is 0.304. The highest BCUT2D eigenvalue weighted by Gasteiger charge is 2.19. The average Bonchev–Trinajstić information content (AvgIpc) is 3.08. The van der Waals surface area contributed by atoms with Crippen LogP contribution >= 0.6 is 0 Å². The summed E-state index contributed by atoms with van der Waals surface area (Å²) in [7, 11) is 0. The van der Waals surface area contributed by atoms with Crippen molar-refractivity contribution in [1.82, 2.24) is 15.2 Å². The molecule has 1 heterocycles. The second-order valence-electron chi connectivity index (χ2n) is 6.90. The largest absolute Gasteiger partial charge is 0.355 e. The maximum atomic E-state index is 13.9. The molecular formula is C23H26FN3O2. The zero-order valence-electron chi connectivity index (χ0n) is 16.8. The van der Waals surface area contributed by atoms with E-state index < -0.39 is 0 Å². The molecule has 0 unspecified atom stereocenters. The van der Waals surface area contributed by atoms with Gasteiger partial charge >= 0.3 is 0 Å². The lowest BCUT2D eigenvalue weighted by molar-refractivity contribution is -0.135. The number of likely N-dealkylation sites (N-methyl/N-ethyl adjacent to an activating group) is 2. The standard InChI is InChI=1S/C23H26FN3O2/c1-3-25-21(28)15-27(4-2)22(29)13-11-18-19-14-17(24)10-12-20(19)26-23(18)16-8-6-5-7-9-16/h5-10,12,14,26H,3-4,11,13,15H2,1-2H3,(H,25,28). The molecule has 2 amide bonds. The van der Waals surface area contributed by atoms with Gasteiger partial charge in [0.05, 0.1) is 6.54 Å². The van der Waals surface area contributed by atoms with E-state index in [-0.39, 0.29) is 30.6 Å². The van der Waals surface area contributed by atoms with Crippen molar-refractivity contribution in [2.45, 2.75) is 26.7 Å². The average molecular weight is 395 g/mol. The number of halogens is 1. The van der Waals surface area contributed by atoms with Crippen LogP contribution in [0, 0.1) is 5.82 Å². The molecule has 0 aliphatic carbocycles. The minimum atomic E-state index is -0.310. The predicted molar refractivity (Wildman–Crippen MR) is 113 cm³/mol. The molecule has 1 aromatic heterocycles. The Kier molecular flexibility index (Phi) is 6.65. The first-order valence-corrected chi connectivity index (χ1v) is 9.93. The minimum Gasteiger partial charge on any atom is -0.355 e. The fourth-order valence-electron chi connectivity index (χ4n) is 3.52. The third kappa shape index (κ3) is 4.83. The van der Waals surface area contributed by atoms with Crippen LogP contribution in [0.5, 0.6) is 0 Å². The van der Waals surface area contributed by atoms with Gasteiger partial charge in [-0.2, -0.15) is 0 Å². The maximum absolute atomic E-state index is 13.9. The SMILES string of the molecule is CCNC(=O)CN(CC)C(=O)CCc1c(-c2ccccc2)[nH]c2ccc(F)cc12. The highest BCUT2D eigenvalue weighted by atomic mass is 19.1. The van der Waals surface area contributed by atoms with E-state index in [1.807, 2.05) is 44.2 Å². The smallest absolute Gasteiger partial charge is 0.239 e. The molecule has 152 valence electrons. The summed E-state index contributed by atoms with van der Waals surface area (Å²) in [6.07, 6.45) is 0.703. The van der Waals surface area contributed by atoms with Crippen molar-refractivity contribution in [3.8, 4) is 11.3 Å². The molecule has 29 heavy (non-hydrogen) atoms. The van der Waals surface area contributed by atoms with E-state index in [1.165, 1.54) is 12.1 Å². The van der Waals surface area contributed by atoms with Crippen LogP contribution in [0.25, 0.3) is 22.2 Å². The molecule has 0 aliphatic rings. The number of hydrogen-bond donors (Lipinski definition) is 2. The molecule has 5 nitrogen and oxygen atoms in total. The molecule has 0 radical (unpaired) electrons. The molecule has 0 atom stereocenters. The van der Waals surface area contributed by atoms with Crippen LogP contribution in [0.15, 0.2) is 48.5 Å². The number of fused-ring (bicyclic) bond motifs is 1. The van der Waals surface area contributed by atoms with Crippen LogP contribution in [0.4, 0.5) is 4.39 Å². The molecule has 0 saturated carbocycles. The molecule has 0 fully saturated rings. The number of hydrogen-bond acceptors (Lipinski definition) is 2. The Morgan fingerprint density at radius 1 is 1.10 bits per heavy atom. The maximum Gasteiger partial charge on any atom is 0.239 e. The van der Waals surface area contributed by atoms with Crippen molar-refractivity contribution in [3.63, 3.8) is 0 Å². The second kappa shape index (κ2) is 9.37. The van der Waals surface area contributed by atoms with Gasteiger partial charge in [-0.05, 0) is 49.6 Å². The molecule has 2 N–H and O–H groups in total. The number of benzene rings is 2. The number of carbonyl (C=O) groups excluding carboxylic acids is 2. The van der Waals surface area contributed by atoms with Crippen LogP contribution in [0.1, 0.15) is 25.8 Å². The predicted octanol–water partition coefficient (Wildman–Crippen LogP) is 3.89. The van der Waals surface area contributed by atoms with Crippen molar-refractivity contribution in [1.29, 1.82) is 0 Å². The summed E-state index contributed by atoms with van der Waals surface area (Å²) in [5.41, 5.74) is 3.63. The van der Waals surface area contributed by atoms with Crippen LogP contribution in [-0.2, 0) is 16.0 Å². The molecule has 0 spiro atoms. The third-order valence-corrected chi connectivity index (χ3v) is 4.96. The zero-order chi connectivity index (χ0) is 20.8. The Balaban J connectivity index is 1.86. The first-order valence-electron chi connectivity index (χ1n) is 9.93. The van der Waals surface area contributed by atoms with Crippen molar-refractivity contribution in [3.05, 3.63) is 59.9 Å². The van der Waals surface area contributed by atoms with E-state index in [0.717, 1.165) is 27.7 Å². The number of nitrogens with one attached hydrogen (secondary N) is 2. The van der Waals surface area contributed by atoms with Gasteiger partial charge in [-0.1, -0.05) is 30.3 Å². The minimum absolute atomic E-state index is 0.0528. The van der Waals surface area contributed by atoms with Gasteiger partial charge in [-0.15, -0.1) is 0 Å². The molecule has 2 aromatic carbocycles. The lowest BCUT2D eigenvalue weighted by atomic mass is 10.0. The van der Waals surface area contributed by atoms with Crippen LogP contribution < -0.4 is 5.32 Å². The van der Waals surface area contributed by atoms with Crippen molar-refractivity contribution >= 4 is 22.7 Å². The summed E-state index contributed by atoms with van der Waals surface area (Å²) in [5.74, 6) is -0.569. The quantitative estimate of drug-likeness (QED) is 0.608. The summed E-state index contributed by atoms with van der Waals surface area (Å²) >= 11 is 0. The van der Waals surface area contributed by atoms with Gasteiger partial charge in [0.25, 0.3) is 0 Å². The third-order valence-electron chi connectivity index (χ3n) is 4.96. The monoisotopic (exact) mass is 395 g/mol. The number of aromatic amines is 1. The van der Waals surface area contributed by atoms with Gasteiger partial charge in [0.2, 0.25) is 11.8 Å². The normalized spacial score (nSPS) is 10.9. The van der Waals surface area contributed by atoms with Gasteiger partial charge in [-0.25, -0.2) is 4.39 Å². The van der Waals surface area contributed by atoms with Crippen molar-refractivity contribution in [2.75, 3.05) is 19.6 Å². The van der Waals surface area contributed by atoms with Gasteiger partial charge in [0.15, 0.2) is 0 Å². The summed E-state index contributed by atoms with van der Waals surface area (Å²) in [6.45, 7) is 4.75. The topological polar surface area (TPSA) is 65.2 Å². The highest BCUT2D eigenvalue weighted by molar-refractivity contribution is 5.92. The number of aryl methyl sites for hydroxylation is 1. The van der Waals surface area contributed by atoms with E-state index in [0.29, 0.717) is 19.5 Å². The number of H-pyrrole nitrogens is 1. The Bertz CT molecular complexity index is 998. The number of nitrogens with zero attached hydrogens (tertiary/aromatic N) is 1. The van der Waals surface area contributed by atoms with Gasteiger partial charge in [0, 0.05) is 36.1 Å². The number of carbonyl (C=O) groups is 2. The van der Waals surface area contributed by atoms with Gasteiger partial charge in [0.1, 0.15) is 5.82 Å². The summed E-state index contributed by atoms with van der Waals surface area (Å²) in [4.78, 5) is 29.5. The Morgan fingerprint density at radius 3 is 2.55 bits per heavy atom. The van der Waals surface area contributed by atoms with E-state index in [1.54, 1.807) is 11.0 Å². The van der Waals surface area contributed by atoms with Crippen molar-refractivity contribution in [2.24, 2.45) is 0 Å². The lowest BCUT2D eigenvalue weighted by Crippen LogP contribution is -2.40. The van der Waals surface area contributed by atoms with E-state index in [2.05, 4.69) is 10.3 Å². The summed E-state index contributed by atoms with van der Waals surface area (Å²) in [5, 5.41) is 3.50. The van der Waals surface area contributed by atoms with Gasteiger partial charge in [-0.3, -0.25) is 9.59 Å². The molecule has 0 aliphatic heterocycles. The van der Waals surface area contributed by atoms with E-state index >= 15 is 0 Å². The highest BCUT2D eigenvalue weighted by Crippen LogP contribution is 2.32. The van der Waals surface area contributed by atoms with Crippen LogP contribution in [-0.4, -0.2) is 41.3 Å². The fourth-order valence-corrected chi connectivity index (χ4v) is 3.52. The first kappa shape index (κ1) is 20.6. The Morgan fingerprint density at radius 2 is 1.86 bits per heavy atom. The van der Waals surface area contributed by atoms with E-state index in [9.17, 15) is 14.0 Å². The molecule has 3 aromatic rings. The lowest BCUT2D eigenvalue weighted by Gasteiger charge is -2.20. The first-order chi connectivity index (χ1) is 14.0. The Labute approximate surface area is 169 Å². The number of amides is 2. The molecule has 6 heteroatoms. The summed E-state index contributed by atoms with van der Waals surface area (Å²) < 4.78 is 13.9. The summed E-state index contributed by atoms with van der Waals surface area (Å²) in [6, 6.07) is 14.5.